The van der Waals surface area contributed by atoms with Crippen molar-refractivity contribution in [2.45, 2.75) is 45.6 Å². The molecule has 1 aliphatic carbocycles. The van der Waals surface area contributed by atoms with Gasteiger partial charge in [0.05, 0.1) is 6.04 Å². The zero-order valence-corrected chi connectivity index (χ0v) is 13.8. The van der Waals surface area contributed by atoms with Crippen LogP contribution in [0, 0.1) is 11.3 Å². The monoisotopic (exact) mass is 305 g/mol. The van der Waals surface area contributed by atoms with E-state index in [-0.39, 0.29) is 6.04 Å². The zero-order valence-electron chi connectivity index (χ0n) is 13.1. The molecule has 2 unspecified atom stereocenters. The van der Waals surface area contributed by atoms with Crippen molar-refractivity contribution < 1.29 is 4.42 Å². The van der Waals surface area contributed by atoms with Gasteiger partial charge in [-0.1, -0.05) is 38.3 Å². The lowest BCUT2D eigenvalue weighted by Crippen LogP contribution is -2.37. The van der Waals surface area contributed by atoms with Crippen LogP contribution in [0.1, 0.15) is 51.3 Å². The summed E-state index contributed by atoms with van der Waals surface area (Å²) in [5.74, 6) is 1.64. The molecule has 0 aliphatic heterocycles. The van der Waals surface area contributed by atoms with Crippen LogP contribution in [0.25, 0.3) is 11.0 Å². The van der Waals surface area contributed by atoms with Crippen LogP contribution in [0.4, 0.5) is 0 Å². The molecule has 0 spiro atoms. The van der Waals surface area contributed by atoms with Gasteiger partial charge in [-0.15, -0.1) is 0 Å². The number of furan rings is 1. The number of nitrogens with one attached hydrogen (secondary N) is 1. The van der Waals surface area contributed by atoms with Gasteiger partial charge < -0.3 is 9.73 Å². The minimum atomic E-state index is 0.270. The smallest absolute Gasteiger partial charge is 0.134 e. The Balaban J connectivity index is 1.97. The van der Waals surface area contributed by atoms with Gasteiger partial charge in [-0.3, -0.25) is 0 Å². The molecule has 1 saturated carbocycles. The maximum Gasteiger partial charge on any atom is 0.134 e. The van der Waals surface area contributed by atoms with Crippen molar-refractivity contribution in [3.63, 3.8) is 0 Å². The minimum absolute atomic E-state index is 0.270. The predicted molar refractivity (Wildman–Crippen MR) is 88.8 cm³/mol. The van der Waals surface area contributed by atoms with E-state index in [2.05, 4.69) is 25.2 Å². The normalized spacial score (nSPS) is 23.3. The summed E-state index contributed by atoms with van der Waals surface area (Å²) in [6.45, 7) is 4.78. The quantitative estimate of drug-likeness (QED) is 0.802. The molecular weight excluding hydrogens is 282 g/mol. The molecular formula is C18H24ClNO. The van der Waals surface area contributed by atoms with E-state index in [1.54, 1.807) is 0 Å². The molecule has 1 aromatic carbocycles. The maximum absolute atomic E-state index is 6.10. The number of halogens is 1. The van der Waals surface area contributed by atoms with Crippen molar-refractivity contribution in [2.24, 2.45) is 11.3 Å². The Morgan fingerprint density at radius 1 is 1.29 bits per heavy atom. The highest BCUT2D eigenvalue weighted by molar-refractivity contribution is 6.31. The van der Waals surface area contributed by atoms with E-state index in [0.717, 1.165) is 21.8 Å². The average Bonchev–Trinajstić information content (AvgIpc) is 2.84. The van der Waals surface area contributed by atoms with Crippen molar-refractivity contribution in [3.05, 3.63) is 35.0 Å². The summed E-state index contributed by atoms with van der Waals surface area (Å²) in [5.41, 5.74) is 1.27. The molecule has 0 bridgehead atoms. The van der Waals surface area contributed by atoms with Crippen molar-refractivity contribution in [1.29, 1.82) is 0 Å². The molecule has 1 N–H and O–H groups in total. The SMILES string of the molecule is CNC(c1cc2cc(Cl)ccc2o1)C1CCCCC1(C)C. The van der Waals surface area contributed by atoms with E-state index in [1.165, 1.54) is 25.7 Å². The van der Waals surface area contributed by atoms with Gasteiger partial charge >= 0.3 is 0 Å². The molecule has 3 heteroatoms. The van der Waals surface area contributed by atoms with Crippen LogP contribution < -0.4 is 5.32 Å². The topological polar surface area (TPSA) is 25.2 Å². The Bertz CT molecular complexity index is 631. The van der Waals surface area contributed by atoms with Crippen molar-refractivity contribution in [2.75, 3.05) is 7.05 Å². The highest BCUT2D eigenvalue weighted by Crippen LogP contribution is 2.47. The Morgan fingerprint density at radius 2 is 2.10 bits per heavy atom. The third-order valence-electron chi connectivity index (χ3n) is 5.11. The Kier molecular flexibility index (Phi) is 4.02. The van der Waals surface area contributed by atoms with E-state index >= 15 is 0 Å². The first-order chi connectivity index (χ1) is 10.0. The highest BCUT2D eigenvalue weighted by atomic mass is 35.5. The van der Waals surface area contributed by atoms with Crippen LogP contribution in [-0.2, 0) is 0 Å². The molecule has 1 fully saturated rings. The number of rotatable bonds is 3. The molecule has 2 nitrogen and oxygen atoms in total. The lowest BCUT2D eigenvalue weighted by molar-refractivity contribution is 0.0933. The van der Waals surface area contributed by atoms with Crippen LogP contribution in [0.5, 0.6) is 0 Å². The van der Waals surface area contributed by atoms with Crippen LogP contribution in [-0.4, -0.2) is 7.05 Å². The molecule has 3 rings (SSSR count). The van der Waals surface area contributed by atoms with Gasteiger partial charge in [-0.25, -0.2) is 0 Å². The summed E-state index contributed by atoms with van der Waals surface area (Å²) in [6, 6.07) is 8.23. The zero-order chi connectivity index (χ0) is 15.0. The van der Waals surface area contributed by atoms with Gasteiger partial charge in [0.15, 0.2) is 0 Å². The Morgan fingerprint density at radius 3 is 2.81 bits per heavy atom. The van der Waals surface area contributed by atoms with Crippen molar-refractivity contribution >= 4 is 22.6 Å². The van der Waals surface area contributed by atoms with Crippen LogP contribution in [0.15, 0.2) is 28.7 Å². The summed E-state index contributed by atoms with van der Waals surface area (Å²) in [6.07, 6.45) is 5.21. The van der Waals surface area contributed by atoms with Gasteiger partial charge in [-0.2, -0.15) is 0 Å². The molecule has 2 aromatic rings. The standard InChI is InChI=1S/C18H24ClNO/c1-18(2)9-5-4-6-14(18)17(20-3)16-11-12-10-13(19)7-8-15(12)21-16/h7-8,10-11,14,17,20H,4-6,9H2,1-3H3. The summed E-state index contributed by atoms with van der Waals surface area (Å²) >= 11 is 6.08. The molecule has 1 aliphatic rings. The van der Waals surface area contributed by atoms with Gasteiger partial charge in [-0.05, 0) is 55.5 Å². The summed E-state index contributed by atoms with van der Waals surface area (Å²) in [4.78, 5) is 0. The fourth-order valence-corrected chi connectivity index (χ4v) is 4.05. The van der Waals surface area contributed by atoms with Crippen LogP contribution >= 0.6 is 11.6 Å². The third-order valence-corrected chi connectivity index (χ3v) is 5.34. The molecule has 1 heterocycles. The fourth-order valence-electron chi connectivity index (χ4n) is 3.87. The summed E-state index contributed by atoms with van der Waals surface area (Å²) in [5, 5.41) is 5.34. The molecule has 21 heavy (non-hydrogen) atoms. The molecule has 0 amide bonds. The number of hydrogen-bond donors (Lipinski definition) is 1. The lowest BCUT2D eigenvalue weighted by atomic mass is 9.65. The number of fused-ring (bicyclic) bond motifs is 1. The van der Waals surface area contributed by atoms with Gasteiger partial charge in [0.1, 0.15) is 11.3 Å². The second kappa shape index (κ2) is 5.66. The molecule has 0 radical (unpaired) electrons. The summed E-state index contributed by atoms with van der Waals surface area (Å²) in [7, 11) is 2.04. The van der Waals surface area contributed by atoms with Crippen LogP contribution in [0.2, 0.25) is 5.02 Å². The first-order valence-electron chi connectivity index (χ1n) is 7.87. The second-order valence-electron chi connectivity index (χ2n) is 6.94. The minimum Gasteiger partial charge on any atom is -0.459 e. The van der Waals surface area contributed by atoms with E-state index in [0.29, 0.717) is 11.3 Å². The van der Waals surface area contributed by atoms with E-state index in [1.807, 2.05) is 25.2 Å². The van der Waals surface area contributed by atoms with Crippen molar-refractivity contribution in [1.82, 2.24) is 5.32 Å². The second-order valence-corrected chi connectivity index (χ2v) is 7.37. The van der Waals surface area contributed by atoms with Crippen molar-refractivity contribution in [3.8, 4) is 0 Å². The lowest BCUT2D eigenvalue weighted by Gasteiger charge is -2.42. The highest BCUT2D eigenvalue weighted by Gasteiger charge is 2.38. The van der Waals surface area contributed by atoms with Gasteiger partial charge in [0.2, 0.25) is 0 Å². The molecule has 0 saturated heterocycles. The largest absolute Gasteiger partial charge is 0.459 e. The number of hydrogen-bond acceptors (Lipinski definition) is 2. The fraction of sp³-hybridized carbons (Fsp3) is 0.556. The third kappa shape index (κ3) is 2.84. The predicted octanol–water partition coefficient (Wildman–Crippen LogP) is 5.56. The Hall–Kier alpha value is -0.990. The van der Waals surface area contributed by atoms with E-state index in [4.69, 9.17) is 16.0 Å². The molecule has 2 atom stereocenters. The van der Waals surface area contributed by atoms with E-state index in [9.17, 15) is 0 Å². The first kappa shape index (κ1) is 14.9. The first-order valence-corrected chi connectivity index (χ1v) is 8.25. The van der Waals surface area contributed by atoms with Crippen LogP contribution in [0.3, 0.4) is 0 Å². The molecule has 1 aromatic heterocycles. The van der Waals surface area contributed by atoms with Gasteiger partial charge in [0.25, 0.3) is 0 Å². The van der Waals surface area contributed by atoms with E-state index < -0.39 is 0 Å². The Labute approximate surface area is 131 Å². The maximum atomic E-state index is 6.10. The average molecular weight is 306 g/mol. The van der Waals surface area contributed by atoms with Gasteiger partial charge in [0, 0.05) is 10.4 Å². The number of benzene rings is 1. The molecule has 114 valence electrons. The summed E-state index contributed by atoms with van der Waals surface area (Å²) < 4.78 is 6.10.